The van der Waals surface area contributed by atoms with Gasteiger partial charge in [0.05, 0.1) is 0 Å². The molecule has 0 spiro atoms. The van der Waals surface area contributed by atoms with Gasteiger partial charge in [0.1, 0.15) is 12.4 Å². The van der Waals surface area contributed by atoms with Crippen LogP contribution in [-0.2, 0) is 6.61 Å². The number of hydrogen-bond donors (Lipinski definition) is 2. The van der Waals surface area contributed by atoms with E-state index < -0.39 is 0 Å². The van der Waals surface area contributed by atoms with E-state index in [9.17, 15) is 0 Å². The highest BCUT2D eigenvalue weighted by Gasteiger charge is 2.07. The fraction of sp³-hybridized carbons (Fsp3) is 0.235. The van der Waals surface area contributed by atoms with Crippen molar-refractivity contribution in [3.05, 3.63) is 64.2 Å². The van der Waals surface area contributed by atoms with Crippen molar-refractivity contribution in [2.24, 2.45) is 10.9 Å². The second kappa shape index (κ2) is 6.31. The maximum Gasteiger partial charge on any atom is 0.170 e. The lowest BCUT2D eigenvalue weighted by Crippen LogP contribution is -2.13. The third kappa shape index (κ3) is 3.34. The average Bonchev–Trinajstić information content (AvgIpc) is 2.50. The Morgan fingerprint density at radius 1 is 1.14 bits per heavy atom. The summed E-state index contributed by atoms with van der Waals surface area (Å²) in [5.74, 6) is 1.02. The predicted molar refractivity (Wildman–Crippen MR) is 83.9 cm³/mol. The number of ether oxygens (including phenoxy) is 1. The van der Waals surface area contributed by atoms with E-state index in [-0.39, 0.29) is 5.84 Å². The Morgan fingerprint density at radius 2 is 1.86 bits per heavy atom. The summed E-state index contributed by atoms with van der Waals surface area (Å²) < 4.78 is 5.96. The first kappa shape index (κ1) is 14.9. The standard InChI is InChI=1S/C17H20N2O2/c1-11-7-8-12(2)16(13(11)3)21-10-14-5-4-6-15(9-14)17(18)19-20/h4-9,20H,10H2,1-3H3,(H2,18,19). The zero-order chi connectivity index (χ0) is 15.4. The lowest BCUT2D eigenvalue weighted by atomic mass is 10.1. The van der Waals surface area contributed by atoms with Crippen molar-refractivity contribution in [2.45, 2.75) is 27.4 Å². The van der Waals surface area contributed by atoms with Gasteiger partial charge in [-0.05, 0) is 49.1 Å². The minimum absolute atomic E-state index is 0.0970. The van der Waals surface area contributed by atoms with Gasteiger partial charge in [0.15, 0.2) is 5.84 Å². The molecule has 0 heterocycles. The number of amidine groups is 1. The van der Waals surface area contributed by atoms with Gasteiger partial charge in [-0.15, -0.1) is 0 Å². The van der Waals surface area contributed by atoms with Crippen LogP contribution in [0, 0.1) is 20.8 Å². The molecule has 0 aliphatic heterocycles. The molecule has 0 aliphatic carbocycles. The zero-order valence-corrected chi connectivity index (χ0v) is 12.6. The summed E-state index contributed by atoms with van der Waals surface area (Å²) >= 11 is 0. The summed E-state index contributed by atoms with van der Waals surface area (Å²) in [6.07, 6.45) is 0. The summed E-state index contributed by atoms with van der Waals surface area (Å²) in [4.78, 5) is 0. The van der Waals surface area contributed by atoms with Crippen LogP contribution in [0.25, 0.3) is 0 Å². The van der Waals surface area contributed by atoms with Gasteiger partial charge < -0.3 is 15.7 Å². The van der Waals surface area contributed by atoms with Gasteiger partial charge in [0, 0.05) is 5.56 Å². The van der Waals surface area contributed by atoms with E-state index in [1.807, 2.05) is 25.1 Å². The number of rotatable bonds is 4. The molecule has 4 nitrogen and oxygen atoms in total. The van der Waals surface area contributed by atoms with E-state index in [1.165, 1.54) is 5.56 Å². The number of nitrogens with zero attached hydrogens (tertiary/aromatic N) is 1. The molecule has 0 fully saturated rings. The number of hydrogen-bond acceptors (Lipinski definition) is 3. The molecule has 0 bridgehead atoms. The van der Waals surface area contributed by atoms with Crippen molar-refractivity contribution < 1.29 is 9.94 Å². The molecule has 0 saturated heterocycles. The minimum atomic E-state index is 0.0970. The molecule has 110 valence electrons. The van der Waals surface area contributed by atoms with Gasteiger partial charge in [0.2, 0.25) is 0 Å². The van der Waals surface area contributed by atoms with Crippen molar-refractivity contribution in [1.29, 1.82) is 0 Å². The molecule has 21 heavy (non-hydrogen) atoms. The Kier molecular flexibility index (Phi) is 4.48. The smallest absolute Gasteiger partial charge is 0.170 e. The van der Waals surface area contributed by atoms with Gasteiger partial charge in [-0.25, -0.2) is 0 Å². The SMILES string of the molecule is Cc1ccc(C)c(OCc2cccc(/C(N)=N/O)c2)c1C. The fourth-order valence-corrected chi connectivity index (χ4v) is 2.18. The van der Waals surface area contributed by atoms with Crippen molar-refractivity contribution >= 4 is 5.84 Å². The summed E-state index contributed by atoms with van der Waals surface area (Å²) in [6, 6.07) is 11.6. The molecule has 4 heteroatoms. The van der Waals surface area contributed by atoms with Crippen LogP contribution in [0.1, 0.15) is 27.8 Å². The monoisotopic (exact) mass is 284 g/mol. The molecular weight excluding hydrogens is 264 g/mol. The Balaban J connectivity index is 2.19. The molecule has 2 rings (SSSR count). The third-order valence-electron chi connectivity index (χ3n) is 3.59. The van der Waals surface area contributed by atoms with E-state index in [0.29, 0.717) is 12.2 Å². The highest BCUT2D eigenvalue weighted by atomic mass is 16.5. The van der Waals surface area contributed by atoms with Gasteiger partial charge in [0.25, 0.3) is 0 Å². The minimum Gasteiger partial charge on any atom is -0.488 e. The Labute approximate surface area is 124 Å². The predicted octanol–water partition coefficient (Wildman–Crippen LogP) is 3.29. The lowest BCUT2D eigenvalue weighted by Gasteiger charge is -2.14. The molecule has 0 radical (unpaired) electrons. The van der Waals surface area contributed by atoms with Crippen LogP contribution < -0.4 is 10.5 Å². The Morgan fingerprint density at radius 3 is 2.57 bits per heavy atom. The van der Waals surface area contributed by atoms with E-state index in [2.05, 4.69) is 31.1 Å². The fourth-order valence-electron chi connectivity index (χ4n) is 2.18. The summed E-state index contributed by atoms with van der Waals surface area (Å²) in [5, 5.41) is 11.7. The molecular formula is C17H20N2O2. The van der Waals surface area contributed by atoms with Crippen LogP contribution in [0.4, 0.5) is 0 Å². The second-order valence-corrected chi connectivity index (χ2v) is 5.13. The van der Waals surface area contributed by atoms with Crippen LogP contribution in [0.2, 0.25) is 0 Å². The molecule has 0 saturated carbocycles. The Bertz CT molecular complexity index is 678. The highest BCUT2D eigenvalue weighted by molar-refractivity contribution is 5.97. The summed E-state index contributed by atoms with van der Waals surface area (Å²) in [6.45, 7) is 6.61. The number of aryl methyl sites for hydroxylation is 2. The number of oxime groups is 1. The molecule has 3 N–H and O–H groups in total. The second-order valence-electron chi connectivity index (χ2n) is 5.13. The van der Waals surface area contributed by atoms with E-state index >= 15 is 0 Å². The normalized spacial score (nSPS) is 11.5. The molecule has 0 aromatic heterocycles. The van der Waals surface area contributed by atoms with Crippen molar-refractivity contribution in [3.63, 3.8) is 0 Å². The largest absolute Gasteiger partial charge is 0.488 e. The number of benzene rings is 2. The van der Waals surface area contributed by atoms with E-state index in [4.69, 9.17) is 15.7 Å². The first-order chi connectivity index (χ1) is 10.0. The van der Waals surface area contributed by atoms with Gasteiger partial charge in [-0.2, -0.15) is 0 Å². The summed E-state index contributed by atoms with van der Waals surface area (Å²) in [5.41, 5.74) is 10.7. The van der Waals surface area contributed by atoms with Crippen molar-refractivity contribution in [3.8, 4) is 5.75 Å². The molecule has 0 amide bonds. The quantitative estimate of drug-likeness (QED) is 0.392. The first-order valence-corrected chi connectivity index (χ1v) is 6.79. The van der Waals surface area contributed by atoms with Gasteiger partial charge in [-0.1, -0.05) is 35.5 Å². The molecule has 0 unspecified atom stereocenters. The van der Waals surface area contributed by atoms with Crippen molar-refractivity contribution in [1.82, 2.24) is 0 Å². The zero-order valence-electron chi connectivity index (χ0n) is 12.6. The Hall–Kier alpha value is -2.49. The maximum absolute atomic E-state index is 8.72. The molecule has 0 aliphatic rings. The molecule has 2 aromatic rings. The highest BCUT2D eigenvalue weighted by Crippen LogP contribution is 2.26. The average molecular weight is 284 g/mol. The lowest BCUT2D eigenvalue weighted by molar-refractivity contribution is 0.301. The van der Waals surface area contributed by atoms with Crippen LogP contribution in [-0.4, -0.2) is 11.0 Å². The van der Waals surface area contributed by atoms with Crippen LogP contribution in [0.5, 0.6) is 5.75 Å². The van der Waals surface area contributed by atoms with Crippen molar-refractivity contribution in [2.75, 3.05) is 0 Å². The van der Waals surface area contributed by atoms with Gasteiger partial charge >= 0.3 is 0 Å². The molecule has 0 atom stereocenters. The first-order valence-electron chi connectivity index (χ1n) is 6.79. The van der Waals surface area contributed by atoms with E-state index in [0.717, 1.165) is 22.4 Å². The topological polar surface area (TPSA) is 67.8 Å². The van der Waals surface area contributed by atoms with Gasteiger partial charge in [-0.3, -0.25) is 0 Å². The maximum atomic E-state index is 8.72. The summed E-state index contributed by atoms with van der Waals surface area (Å²) in [7, 11) is 0. The third-order valence-corrected chi connectivity index (χ3v) is 3.59. The number of nitrogens with two attached hydrogens (primary N) is 1. The molecule has 2 aromatic carbocycles. The van der Waals surface area contributed by atoms with Crippen LogP contribution in [0.3, 0.4) is 0 Å². The van der Waals surface area contributed by atoms with Crippen LogP contribution >= 0.6 is 0 Å². The van der Waals surface area contributed by atoms with E-state index in [1.54, 1.807) is 6.07 Å². The van der Waals surface area contributed by atoms with Crippen LogP contribution in [0.15, 0.2) is 41.6 Å².